The van der Waals surface area contributed by atoms with Gasteiger partial charge in [-0.1, -0.05) is 30.3 Å². The Labute approximate surface area is 143 Å². The van der Waals surface area contributed by atoms with E-state index < -0.39 is 0 Å². The lowest BCUT2D eigenvalue weighted by Crippen LogP contribution is -2.29. The zero-order valence-corrected chi connectivity index (χ0v) is 14.5. The van der Waals surface area contributed by atoms with Gasteiger partial charge < -0.3 is 4.42 Å². The first-order valence-corrected chi connectivity index (χ1v) is 9.03. The number of nitrogens with zero attached hydrogens (tertiary/aromatic N) is 1. The molecule has 2 aliphatic carbocycles. The minimum absolute atomic E-state index is 1.01. The van der Waals surface area contributed by atoms with Gasteiger partial charge in [-0.15, -0.1) is 0 Å². The van der Waals surface area contributed by atoms with Gasteiger partial charge in [0.15, 0.2) is 0 Å². The summed E-state index contributed by atoms with van der Waals surface area (Å²) in [4.78, 5) is 0. The van der Waals surface area contributed by atoms with Gasteiger partial charge in [-0.05, 0) is 49.4 Å². The fourth-order valence-corrected chi connectivity index (χ4v) is 3.91. The third kappa shape index (κ3) is 2.47. The molecule has 0 radical (unpaired) electrons. The van der Waals surface area contributed by atoms with Crippen molar-refractivity contribution in [2.24, 2.45) is 0 Å². The van der Waals surface area contributed by atoms with Crippen molar-refractivity contribution in [3.8, 4) is 22.5 Å². The molecule has 0 N–H and O–H groups in total. The van der Waals surface area contributed by atoms with Crippen LogP contribution in [0, 0.1) is 0 Å². The molecule has 1 aromatic carbocycles. The Balaban J connectivity index is 2.04. The summed E-state index contributed by atoms with van der Waals surface area (Å²) < 4.78 is 8.68. The molecule has 24 heavy (non-hydrogen) atoms. The second kappa shape index (κ2) is 6.27. The molecule has 3 aliphatic rings. The highest BCUT2D eigenvalue weighted by atomic mass is 16.3. The van der Waals surface area contributed by atoms with Crippen molar-refractivity contribution >= 4 is 0 Å². The number of hydrogen-bond acceptors (Lipinski definition) is 1. The number of rotatable bonds is 3. The monoisotopic (exact) mass is 318 g/mol. The van der Waals surface area contributed by atoms with Crippen LogP contribution in [0.15, 0.2) is 52.9 Å². The van der Waals surface area contributed by atoms with Gasteiger partial charge in [0, 0.05) is 18.1 Å². The highest BCUT2D eigenvalue weighted by Crippen LogP contribution is 2.41. The van der Waals surface area contributed by atoms with Gasteiger partial charge in [0.25, 0.3) is 0 Å². The normalized spacial score (nSPS) is 13.2. The largest absolute Gasteiger partial charge is 0.461 e. The van der Waals surface area contributed by atoms with E-state index in [1.807, 2.05) is 0 Å². The Hall–Kier alpha value is -2.35. The lowest BCUT2D eigenvalue weighted by Gasteiger charge is -2.16. The van der Waals surface area contributed by atoms with Crippen molar-refractivity contribution in [1.82, 2.24) is 4.58 Å². The van der Waals surface area contributed by atoms with Gasteiger partial charge >= 0.3 is 0 Å². The van der Waals surface area contributed by atoms with E-state index in [2.05, 4.69) is 67.0 Å². The molecule has 0 bridgehead atoms. The van der Waals surface area contributed by atoms with E-state index in [4.69, 9.17) is 4.42 Å². The van der Waals surface area contributed by atoms with Gasteiger partial charge in [0.2, 0.25) is 5.36 Å². The van der Waals surface area contributed by atoms with Gasteiger partial charge in [-0.3, -0.25) is 0 Å². The summed E-state index contributed by atoms with van der Waals surface area (Å²) in [6.07, 6.45) is 3.37. The first-order valence-electron chi connectivity index (χ1n) is 9.03. The molecule has 0 fully saturated rings. The minimum atomic E-state index is 1.01. The Morgan fingerprint density at radius 1 is 0.958 bits per heavy atom. The van der Waals surface area contributed by atoms with Crippen LogP contribution in [0.1, 0.15) is 31.6 Å². The van der Waals surface area contributed by atoms with E-state index in [9.17, 15) is 0 Å². The minimum Gasteiger partial charge on any atom is -0.461 e. The fourth-order valence-electron chi connectivity index (χ4n) is 3.91. The van der Waals surface area contributed by atoms with E-state index in [0.29, 0.717) is 0 Å². The van der Waals surface area contributed by atoms with Crippen LogP contribution in [-0.4, -0.2) is 13.1 Å². The van der Waals surface area contributed by atoms with Crippen LogP contribution in [0.2, 0.25) is 0 Å². The molecular weight excluding hydrogens is 294 g/mol. The molecule has 1 aromatic rings. The molecule has 0 atom stereocenters. The average Bonchev–Trinajstić information content (AvgIpc) is 3.09. The third-order valence-electron chi connectivity index (χ3n) is 5.13. The second-order valence-corrected chi connectivity index (χ2v) is 6.45. The van der Waals surface area contributed by atoms with Crippen LogP contribution in [0.3, 0.4) is 0 Å². The number of aryl methyl sites for hydroxylation is 1. The molecule has 1 aliphatic heterocycles. The Morgan fingerprint density at radius 2 is 1.75 bits per heavy atom. The van der Waals surface area contributed by atoms with Gasteiger partial charge in [-0.2, -0.15) is 0 Å². The smallest absolute Gasteiger partial charge is 0.203 e. The molecular formula is C22H24NO+. The standard InChI is InChI=1S/C22H24NO/c1-3-23(4-2)17-13-14-19-21(15-17)24-20-12-8-11-18(20)22(19)16-9-6-5-7-10-16/h5-7,9-10,13-15H,3-4,8,11-12H2,1-2H3/q+1. The van der Waals surface area contributed by atoms with Crippen LogP contribution in [0.5, 0.6) is 0 Å². The summed E-state index contributed by atoms with van der Waals surface area (Å²) in [7, 11) is 0. The van der Waals surface area contributed by atoms with Crippen molar-refractivity contribution < 1.29 is 4.42 Å². The molecule has 0 spiro atoms. The highest BCUT2D eigenvalue weighted by Gasteiger charge is 2.24. The van der Waals surface area contributed by atoms with Crippen molar-refractivity contribution in [2.45, 2.75) is 33.1 Å². The van der Waals surface area contributed by atoms with Crippen LogP contribution < -0.4 is 9.93 Å². The molecule has 0 saturated carbocycles. The quantitative estimate of drug-likeness (QED) is 0.656. The molecule has 1 heterocycles. The molecule has 2 heteroatoms. The van der Waals surface area contributed by atoms with Crippen molar-refractivity contribution in [1.29, 1.82) is 0 Å². The first kappa shape index (κ1) is 15.2. The maximum atomic E-state index is 6.32. The topological polar surface area (TPSA) is 16.1 Å². The van der Waals surface area contributed by atoms with E-state index in [1.165, 1.54) is 39.8 Å². The van der Waals surface area contributed by atoms with Gasteiger partial charge in [0.1, 0.15) is 24.6 Å². The fraction of sp³-hybridized carbons (Fsp3) is 0.318. The zero-order valence-electron chi connectivity index (χ0n) is 14.5. The Kier molecular flexibility index (Phi) is 3.97. The summed E-state index contributed by atoms with van der Waals surface area (Å²) in [6, 6.07) is 17.4. The van der Waals surface area contributed by atoms with Crippen molar-refractivity contribution in [2.75, 3.05) is 13.1 Å². The number of fused-ring (bicyclic) bond motifs is 2. The number of benzene rings is 2. The maximum Gasteiger partial charge on any atom is 0.203 e. The summed E-state index contributed by atoms with van der Waals surface area (Å²) in [5, 5.41) is 1.24. The highest BCUT2D eigenvalue weighted by molar-refractivity contribution is 5.85. The van der Waals surface area contributed by atoms with Crippen molar-refractivity contribution in [3.05, 3.63) is 65.2 Å². The Morgan fingerprint density at radius 3 is 2.50 bits per heavy atom. The Bertz CT molecular complexity index is 899. The summed E-state index contributed by atoms with van der Waals surface area (Å²) in [5.74, 6) is 2.19. The average molecular weight is 318 g/mol. The molecule has 0 amide bonds. The predicted molar refractivity (Wildman–Crippen MR) is 99.1 cm³/mol. The lowest BCUT2D eigenvalue weighted by atomic mass is 9.92. The van der Waals surface area contributed by atoms with E-state index in [1.54, 1.807) is 0 Å². The van der Waals surface area contributed by atoms with Crippen molar-refractivity contribution in [3.63, 3.8) is 0 Å². The molecule has 0 unspecified atom stereocenters. The molecule has 0 aromatic heterocycles. The van der Waals surface area contributed by atoms with Crippen LogP contribution >= 0.6 is 0 Å². The second-order valence-electron chi connectivity index (χ2n) is 6.45. The van der Waals surface area contributed by atoms with E-state index in [0.717, 1.165) is 31.7 Å². The molecule has 0 saturated heterocycles. The van der Waals surface area contributed by atoms with Gasteiger partial charge in [0.05, 0.1) is 6.07 Å². The van der Waals surface area contributed by atoms with E-state index in [-0.39, 0.29) is 0 Å². The molecule has 122 valence electrons. The third-order valence-corrected chi connectivity index (χ3v) is 5.13. The predicted octanol–water partition coefficient (Wildman–Crippen LogP) is 4.35. The zero-order chi connectivity index (χ0) is 16.5. The summed E-state index contributed by atoms with van der Waals surface area (Å²) in [6.45, 7) is 6.42. The number of hydrogen-bond donors (Lipinski definition) is 0. The molecule has 4 rings (SSSR count). The molecule has 2 nitrogen and oxygen atoms in total. The van der Waals surface area contributed by atoms with Crippen LogP contribution in [0.4, 0.5) is 0 Å². The SMILES string of the molecule is CC[N+](CC)=c1ccc2c(-c3ccccc3)c3c(oc-2c1)CCC3. The first-order chi connectivity index (χ1) is 11.8. The van der Waals surface area contributed by atoms with Crippen LogP contribution in [0.25, 0.3) is 22.5 Å². The summed E-state index contributed by atoms with van der Waals surface area (Å²) in [5.41, 5.74) is 5.31. The lowest BCUT2D eigenvalue weighted by molar-refractivity contribution is 0.512. The van der Waals surface area contributed by atoms with Crippen LogP contribution in [-0.2, 0) is 12.8 Å². The summed E-state index contributed by atoms with van der Waals surface area (Å²) >= 11 is 0. The van der Waals surface area contributed by atoms with E-state index >= 15 is 0 Å². The maximum absolute atomic E-state index is 6.32. The van der Waals surface area contributed by atoms with Gasteiger partial charge in [-0.25, -0.2) is 4.58 Å².